The molecule has 1 atom stereocenters. The van der Waals surface area contributed by atoms with E-state index in [1.165, 1.54) is 4.90 Å². The molecule has 1 unspecified atom stereocenters. The van der Waals surface area contributed by atoms with Crippen LogP contribution in [0.25, 0.3) is 0 Å². The second-order valence-electron chi connectivity index (χ2n) is 5.73. The van der Waals surface area contributed by atoms with Gasteiger partial charge in [0.15, 0.2) is 0 Å². The highest BCUT2D eigenvalue weighted by Gasteiger charge is 2.22. The lowest BCUT2D eigenvalue weighted by molar-refractivity contribution is -0.118. The Labute approximate surface area is 124 Å². The zero-order valence-electron chi connectivity index (χ0n) is 12.6. The number of carbonyl (C=O) groups excluding carboxylic acids is 2. The number of primary amides is 1. The zero-order valence-corrected chi connectivity index (χ0v) is 12.6. The Morgan fingerprint density at radius 2 is 2.19 bits per heavy atom. The van der Waals surface area contributed by atoms with Gasteiger partial charge in [-0.05, 0) is 30.9 Å². The minimum absolute atomic E-state index is 0.0562. The van der Waals surface area contributed by atoms with E-state index in [4.69, 9.17) is 5.73 Å². The van der Waals surface area contributed by atoms with Crippen LogP contribution in [0.15, 0.2) is 18.3 Å². The molecule has 6 heteroatoms. The highest BCUT2D eigenvalue weighted by molar-refractivity contribution is 5.93. The lowest BCUT2D eigenvalue weighted by Gasteiger charge is -2.33. The fourth-order valence-electron chi connectivity index (χ4n) is 2.68. The fourth-order valence-corrected chi connectivity index (χ4v) is 2.68. The van der Waals surface area contributed by atoms with E-state index in [1.54, 1.807) is 26.4 Å². The van der Waals surface area contributed by atoms with Crippen LogP contribution in [0.3, 0.4) is 0 Å². The molecule has 114 valence electrons. The number of nitrogens with zero attached hydrogens (tertiary/aromatic N) is 3. The van der Waals surface area contributed by atoms with Crippen LogP contribution >= 0.6 is 0 Å². The second-order valence-corrected chi connectivity index (χ2v) is 5.73. The van der Waals surface area contributed by atoms with Gasteiger partial charge in [-0.1, -0.05) is 0 Å². The molecule has 0 aliphatic carbocycles. The molecule has 2 amide bonds. The van der Waals surface area contributed by atoms with Crippen LogP contribution in [0.1, 0.15) is 29.6 Å². The maximum Gasteiger partial charge on any atom is 0.254 e. The molecule has 1 aromatic rings. The van der Waals surface area contributed by atoms with Gasteiger partial charge in [-0.15, -0.1) is 0 Å². The number of pyridine rings is 1. The molecule has 1 aliphatic heterocycles. The number of piperidine rings is 1. The maximum atomic E-state index is 11.8. The average Bonchev–Trinajstić information content (AvgIpc) is 2.46. The summed E-state index contributed by atoms with van der Waals surface area (Å²) in [4.78, 5) is 30.9. The van der Waals surface area contributed by atoms with Crippen molar-refractivity contribution in [2.75, 3.05) is 32.1 Å². The topological polar surface area (TPSA) is 79.5 Å². The quantitative estimate of drug-likeness (QED) is 0.892. The van der Waals surface area contributed by atoms with Crippen molar-refractivity contribution in [3.8, 4) is 0 Å². The SMILES string of the molecule is CN(C)C(=O)c1ccc(N2CCCC(CC(N)=O)C2)nc1. The first-order valence-electron chi connectivity index (χ1n) is 7.18. The van der Waals surface area contributed by atoms with Crippen molar-refractivity contribution in [2.24, 2.45) is 11.7 Å². The van der Waals surface area contributed by atoms with E-state index in [0.717, 1.165) is 31.7 Å². The second kappa shape index (κ2) is 6.56. The van der Waals surface area contributed by atoms with E-state index >= 15 is 0 Å². The minimum atomic E-state index is -0.248. The summed E-state index contributed by atoms with van der Waals surface area (Å²) in [6, 6.07) is 3.66. The molecule has 1 aliphatic rings. The first kappa shape index (κ1) is 15.3. The summed E-state index contributed by atoms with van der Waals surface area (Å²) >= 11 is 0. The molecular formula is C15H22N4O2. The van der Waals surface area contributed by atoms with Gasteiger partial charge in [0, 0.05) is 39.8 Å². The van der Waals surface area contributed by atoms with E-state index < -0.39 is 0 Å². The monoisotopic (exact) mass is 290 g/mol. The van der Waals surface area contributed by atoms with Gasteiger partial charge in [-0.2, -0.15) is 0 Å². The van der Waals surface area contributed by atoms with Crippen molar-refractivity contribution in [3.05, 3.63) is 23.9 Å². The van der Waals surface area contributed by atoms with Crippen molar-refractivity contribution in [1.82, 2.24) is 9.88 Å². The number of aromatic nitrogens is 1. The molecule has 1 aromatic heterocycles. The number of hydrogen-bond acceptors (Lipinski definition) is 4. The molecule has 0 aromatic carbocycles. The van der Waals surface area contributed by atoms with Crippen LogP contribution in [0.5, 0.6) is 0 Å². The first-order chi connectivity index (χ1) is 9.97. The van der Waals surface area contributed by atoms with Crippen LogP contribution < -0.4 is 10.6 Å². The Kier molecular flexibility index (Phi) is 4.77. The van der Waals surface area contributed by atoms with Crippen molar-refractivity contribution in [3.63, 3.8) is 0 Å². The predicted octanol–water partition coefficient (Wildman–Crippen LogP) is 0.875. The Morgan fingerprint density at radius 1 is 1.43 bits per heavy atom. The molecule has 1 saturated heterocycles. The van der Waals surface area contributed by atoms with E-state index in [2.05, 4.69) is 9.88 Å². The van der Waals surface area contributed by atoms with Crippen molar-refractivity contribution in [2.45, 2.75) is 19.3 Å². The molecule has 2 heterocycles. The Morgan fingerprint density at radius 3 is 2.76 bits per heavy atom. The van der Waals surface area contributed by atoms with E-state index in [1.807, 2.05) is 6.07 Å². The summed E-state index contributed by atoms with van der Waals surface area (Å²) in [5.74, 6) is 0.835. The smallest absolute Gasteiger partial charge is 0.254 e. The lowest BCUT2D eigenvalue weighted by Crippen LogP contribution is -2.37. The average molecular weight is 290 g/mol. The third-order valence-electron chi connectivity index (χ3n) is 3.73. The van der Waals surface area contributed by atoms with Gasteiger partial charge in [0.1, 0.15) is 5.82 Å². The normalized spacial score (nSPS) is 18.4. The molecule has 2 rings (SSSR count). The summed E-state index contributed by atoms with van der Waals surface area (Å²) in [6.07, 6.45) is 4.08. The molecule has 2 N–H and O–H groups in total. The van der Waals surface area contributed by atoms with Crippen molar-refractivity contribution >= 4 is 17.6 Å². The maximum absolute atomic E-state index is 11.8. The molecule has 0 bridgehead atoms. The van der Waals surface area contributed by atoms with Crippen molar-refractivity contribution < 1.29 is 9.59 Å². The molecule has 6 nitrogen and oxygen atoms in total. The molecular weight excluding hydrogens is 268 g/mol. The lowest BCUT2D eigenvalue weighted by atomic mass is 9.94. The van der Waals surface area contributed by atoms with Crippen molar-refractivity contribution in [1.29, 1.82) is 0 Å². The van der Waals surface area contributed by atoms with Gasteiger partial charge < -0.3 is 15.5 Å². The fraction of sp³-hybridized carbons (Fsp3) is 0.533. The standard InChI is InChI=1S/C15H22N4O2/c1-18(2)15(21)12-5-6-14(17-9-12)19-7-3-4-11(10-19)8-13(16)20/h5-6,9,11H,3-4,7-8,10H2,1-2H3,(H2,16,20). The number of carbonyl (C=O) groups is 2. The largest absolute Gasteiger partial charge is 0.370 e. The molecule has 1 fully saturated rings. The number of rotatable bonds is 4. The third kappa shape index (κ3) is 3.93. The summed E-state index contributed by atoms with van der Waals surface area (Å²) in [5.41, 5.74) is 5.85. The van der Waals surface area contributed by atoms with Gasteiger partial charge >= 0.3 is 0 Å². The van der Waals surface area contributed by atoms with Gasteiger partial charge in [-0.25, -0.2) is 4.98 Å². The summed E-state index contributed by atoms with van der Waals surface area (Å²) < 4.78 is 0. The third-order valence-corrected chi connectivity index (χ3v) is 3.73. The van der Waals surface area contributed by atoms with Crippen LogP contribution in [0.4, 0.5) is 5.82 Å². The predicted molar refractivity (Wildman–Crippen MR) is 81.0 cm³/mol. The molecule has 0 spiro atoms. The summed E-state index contributed by atoms with van der Waals surface area (Å²) in [7, 11) is 3.44. The molecule has 0 saturated carbocycles. The number of hydrogen-bond donors (Lipinski definition) is 1. The highest BCUT2D eigenvalue weighted by Crippen LogP contribution is 2.23. The number of anilines is 1. The summed E-state index contributed by atoms with van der Waals surface area (Å²) in [6.45, 7) is 1.71. The Bertz CT molecular complexity index is 513. The summed E-state index contributed by atoms with van der Waals surface area (Å²) in [5, 5.41) is 0. The van der Waals surface area contributed by atoms with Crippen LogP contribution in [0.2, 0.25) is 0 Å². The van der Waals surface area contributed by atoms with Gasteiger partial charge in [0.2, 0.25) is 5.91 Å². The Balaban J connectivity index is 2.04. The first-order valence-corrected chi connectivity index (χ1v) is 7.18. The molecule has 21 heavy (non-hydrogen) atoms. The van der Waals surface area contributed by atoms with Crippen LogP contribution in [-0.2, 0) is 4.79 Å². The van der Waals surface area contributed by atoms with Gasteiger partial charge in [0.25, 0.3) is 5.91 Å². The van der Waals surface area contributed by atoms with Gasteiger partial charge in [0.05, 0.1) is 5.56 Å². The number of nitrogens with two attached hydrogens (primary N) is 1. The zero-order chi connectivity index (χ0) is 15.4. The van der Waals surface area contributed by atoms with E-state index in [9.17, 15) is 9.59 Å². The highest BCUT2D eigenvalue weighted by atomic mass is 16.2. The molecule has 0 radical (unpaired) electrons. The Hall–Kier alpha value is -2.11. The van der Waals surface area contributed by atoms with E-state index in [0.29, 0.717) is 17.9 Å². The van der Waals surface area contributed by atoms with Gasteiger partial charge in [-0.3, -0.25) is 9.59 Å². The van der Waals surface area contributed by atoms with E-state index in [-0.39, 0.29) is 11.8 Å². The number of amides is 2. The van der Waals surface area contributed by atoms with Crippen LogP contribution in [0, 0.1) is 5.92 Å². The minimum Gasteiger partial charge on any atom is -0.370 e. The van der Waals surface area contributed by atoms with Crippen LogP contribution in [-0.4, -0.2) is 48.9 Å².